The van der Waals surface area contributed by atoms with Crippen LogP contribution >= 0.6 is 0 Å². The molecule has 2 aromatic heterocycles. The number of nitrogens with one attached hydrogen (secondary N) is 1. The van der Waals surface area contributed by atoms with Crippen molar-refractivity contribution in [1.29, 1.82) is 0 Å². The summed E-state index contributed by atoms with van der Waals surface area (Å²) in [6.45, 7) is 3.05. The quantitative estimate of drug-likeness (QED) is 0.223. The number of nitrogens with zero attached hydrogens (tertiary/aromatic N) is 3. The lowest BCUT2D eigenvalue weighted by atomic mass is 10.2. The maximum Gasteiger partial charge on any atom is 0.320 e. The number of esters is 1. The van der Waals surface area contributed by atoms with Crippen molar-refractivity contribution in [3.05, 3.63) is 106 Å². The van der Waals surface area contributed by atoms with Crippen molar-refractivity contribution < 1.29 is 28.2 Å². The van der Waals surface area contributed by atoms with Gasteiger partial charge in [0, 0.05) is 29.4 Å². The average molecular weight is 600 g/mol. The van der Waals surface area contributed by atoms with Gasteiger partial charge < -0.3 is 25.3 Å². The lowest BCUT2D eigenvalue weighted by molar-refractivity contribution is -0.147. The molecule has 0 radical (unpaired) electrons. The zero-order chi connectivity index (χ0) is 31.4. The van der Waals surface area contributed by atoms with Crippen molar-refractivity contribution in [3.63, 3.8) is 0 Å². The molecule has 0 fully saturated rings. The van der Waals surface area contributed by atoms with Crippen LogP contribution in [0.15, 0.2) is 83.8 Å². The van der Waals surface area contributed by atoms with E-state index in [1.54, 1.807) is 86.4 Å². The molecule has 0 bridgehead atoms. The summed E-state index contributed by atoms with van der Waals surface area (Å²) < 4.78 is 34.5. The number of aromatic nitrogens is 3. The number of amides is 1. The molecular formula is C32H30FN5O6. The molecule has 5 rings (SSSR count). The van der Waals surface area contributed by atoms with Crippen LogP contribution in [0.5, 0.6) is 17.2 Å². The van der Waals surface area contributed by atoms with Gasteiger partial charge in [-0.25, -0.2) is 9.07 Å². The zero-order valence-corrected chi connectivity index (χ0v) is 24.2. The van der Waals surface area contributed by atoms with Gasteiger partial charge >= 0.3 is 5.97 Å². The smallest absolute Gasteiger partial charge is 0.320 e. The predicted octanol–water partition coefficient (Wildman–Crippen LogP) is 4.58. The van der Waals surface area contributed by atoms with Crippen LogP contribution in [0.3, 0.4) is 0 Å². The third-order valence-electron chi connectivity index (χ3n) is 6.87. The van der Waals surface area contributed by atoms with E-state index in [0.29, 0.717) is 33.8 Å². The van der Waals surface area contributed by atoms with E-state index in [1.165, 1.54) is 16.8 Å². The maximum absolute atomic E-state index is 15.2. The van der Waals surface area contributed by atoms with E-state index >= 15 is 4.39 Å². The van der Waals surface area contributed by atoms with Crippen LogP contribution < -0.4 is 26.1 Å². The summed E-state index contributed by atoms with van der Waals surface area (Å²) >= 11 is 0. The molecule has 1 amide bonds. The summed E-state index contributed by atoms with van der Waals surface area (Å²) in [7, 11) is 1.55. The molecule has 0 aliphatic rings. The number of carbonyl (C=O) groups is 2. The van der Waals surface area contributed by atoms with Gasteiger partial charge in [-0.05, 0) is 56.3 Å². The molecule has 0 aliphatic carbocycles. The summed E-state index contributed by atoms with van der Waals surface area (Å²) in [5, 5.41) is 3.27. The Balaban J connectivity index is 1.42. The van der Waals surface area contributed by atoms with E-state index in [-0.39, 0.29) is 30.1 Å². The van der Waals surface area contributed by atoms with E-state index < -0.39 is 29.4 Å². The topological polar surface area (TPSA) is 140 Å². The fourth-order valence-corrected chi connectivity index (χ4v) is 4.80. The predicted molar refractivity (Wildman–Crippen MR) is 162 cm³/mol. The highest BCUT2D eigenvalue weighted by Gasteiger charge is 2.25. The summed E-state index contributed by atoms with van der Waals surface area (Å²) in [6.07, 6.45) is 0.895. The molecular weight excluding hydrogens is 569 g/mol. The van der Waals surface area contributed by atoms with Gasteiger partial charge in [-0.2, -0.15) is 0 Å². The fourth-order valence-electron chi connectivity index (χ4n) is 4.80. The van der Waals surface area contributed by atoms with Crippen LogP contribution in [0, 0.1) is 12.7 Å². The van der Waals surface area contributed by atoms with Crippen LogP contribution in [0.4, 0.5) is 10.1 Å². The Morgan fingerprint density at radius 1 is 1.05 bits per heavy atom. The van der Waals surface area contributed by atoms with Crippen molar-refractivity contribution in [2.45, 2.75) is 26.5 Å². The number of nitrogens with two attached hydrogens (primary N) is 1. The number of fused-ring (bicyclic) bond motifs is 1. The van der Waals surface area contributed by atoms with Gasteiger partial charge in [-0.15, -0.1) is 0 Å². The first-order chi connectivity index (χ1) is 21.2. The number of anilines is 1. The highest BCUT2D eigenvalue weighted by molar-refractivity contribution is 6.05. The minimum Gasteiger partial charge on any atom is -0.497 e. The molecule has 2 heterocycles. The Morgan fingerprint density at radius 2 is 1.82 bits per heavy atom. The Hall–Kier alpha value is -5.49. The lowest BCUT2D eigenvalue weighted by Crippen LogP contribution is -2.30. The Morgan fingerprint density at radius 3 is 2.52 bits per heavy atom. The van der Waals surface area contributed by atoms with E-state index in [1.807, 2.05) is 0 Å². The van der Waals surface area contributed by atoms with Crippen molar-refractivity contribution in [3.8, 4) is 22.9 Å². The lowest BCUT2D eigenvalue weighted by Gasteiger charge is -2.18. The molecule has 1 atom stereocenters. The molecule has 0 unspecified atom stereocenters. The maximum atomic E-state index is 15.2. The van der Waals surface area contributed by atoms with Crippen LogP contribution in [-0.2, 0) is 16.1 Å². The zero-order valence-electron chi connectivity index (χ0n) is 24.2. The number of halogens is 1. The summed E-state index contributed by atoms with van der Waals surface area (Å²) in [6, 6.07) is 19.6. The molecule has 0 saturated heterocycles. The number of carbonyl (C=O) groups excluding carboxylic acids is 2. The molecule has 0 spiro atoms. The highest BCUT2D eigenvalue weighted by Crippen LogP contribution is 2.33. The van der Waals surface area contributed by atoms with Crippen molar-refractivity contribution in [2.75, 3.05) is 19.0 Å². The third-order valence-corrected chi connectivity index (χ3v) is 6.87. The second kappa shape index (κ2) is 12.8. The minimum atomic E-state index is -0.732. The molecule has 11 nitrogen and oxygen atoms in total. The molecule has 0 saturated carbocycles. The molecule has 3 aromatic carbocycles. The molecule has 3 N–H and O–H groups in total. The number of methoxy groups -OCH3 is 1. The van der Waals surface area contributed by atoms with Gasteiger partial charge in [0.1, 0.15) is 23.2 Å². The van der Waals surface area contributed by atoms with E-state index in [4.69, 9.17) is 19.9 Å². The highest BCUT2D eigenvalue weighted by atomic mass is 19.1. The first-order valence-electron chi connectivity index (χ1n) is 13.7. The minimum absolute atomic E-state index is 0.0684. The fraction of sp³-hybridized carbons (Fsp3) is 0.188. The van der Waals surface area contributed by atoms with Gasteiger partial charge in [0.25, 0.3) is 11.5 Å². The van der Waals surface area contributed by atoms with Crippen molar-refractivity contribution in [1.82, 2.24) is 14.3 Å². The molecule has 44 heavy (non-hydrogen) atoms. The first kappa shape index (κ1) is 30.0. The van der Waals surface area contributed by atoms with E-state index in [0.717, 1.165) is 6.07 Å². The Bertz CT molecular complexity index is 1900. The molecule has 12 heteroatoms. The van der Waals surface area contributed by atoms with E-state index in [9.17, 15) is 14.4 Å². The summed E-state index contributed by atoms with van der Waals surface area (Å²) in [5.41, 5.74) is 6.19. The second-order valence-corrected chi connectivity index (χ2v) is 9.89. The van der Waals surface area contributed by atoms with Gasteiger partial charge in [0.15, 0.2) is 11.6 Å². The van der Waals surface area contributed by atoms with Crippen LogP contribution in [-0.4, -0.2) is 46.0 Å². The van der Waals surface area contributed by atoms with Crippen molar-refractivity contribution in [2.24, 2.45) is 5.73 Å². The monoisotopic (exact) mass is 599 g/mol. The number of hydrogen-bond donors (Lipinski definition) is 2. The number of pyridine rings is 1. The molecule has 0 aliphatic heterocycles. The van der Waals surface area contributed by atoms with Gasteiger partial charge in [-0.3, -0.25) is 24.0 Å². The van der Waals surface area contributed by atoms with Crippen LogP contribution in [0.25, 0.3) is 16.6 Å². The SMILES string of the molecule is COc1ccc2c(Oc3ccc(NC(=O)c4c(C)n(C[C@@H](C)OC(=O)CN)n(-c5ccccc5)c4=O)cc3F)ccnc2c1. The van der Waals surface area contributed by atoms with E-state index in [2.05, 4.69) is 10.3 Å². The largest absolute Gasteiger partial charge is 0.497 e. The van der Waals surface area contributed by atoms with Crippen molar-refractivity contribution >= 4 is 28.5 Å². The number of ether oxygens (including phenoxy) is 3. The standard InChI is InChI=1S/C32H30FN5O6/c1-19(43-29(39)17-34)18-37-20(2)30(32(41)38(37)22-7-5-4-6-8-22)31(40)36-21-9-12-28(25(33)15-21)44-27-13-14-35-26-16-23(42-3)10-11-24(26)27/h4-16,19H,17-18,34H2,1-3H3,(H,36,40)/t19-/m1/s1. The van der Waals surface area contributed by atoms with Gasteiger partial charge in [-0.1, -0.05) is 18.2 Å². The molecule has 226 valence electrons. The number of para-hydroxylation sites is 1. The Kier molecular flexibility index (Phi) is 8.72. The van der Waals surface area contributed by atoms with Crippen LogP contribution in [0.2, 0.25) is 0 Å². The third kappa shape index (κ3) is 6.15. The second-order valence-electron chi connectivity index (χ2n) is 9.89. The molecule has 5 aromatic rings. The van der Waals surface area contributed by atoms with Crippen LogP contribution in [0.1, 0.15) is 23.0 Å². The normalized spacial score (nSPS) is 11.7. The number of hydrogen-bond acceptors (Lipinski definition) is 8. The van der Waals surface area contributed by atoms with Gasteiger partial charge in [0.05, 0.1) is 37.1 Å². The average Bonchev–Trinajstić information content (AvgIpc) is 3.26. The number of rotatable bonds is 10. The summed E-state index contributed by atoms with van der Waals surface area (Å²) in [5.74, 6) is -1.11. The number of benzene rings is 3. The summed E-state index contributed by atoms with van der Waals surface area (Å²) in [4.78, 5) is 43.1. The first-order valence-corrected chi connectivity index (χ1v) is 13.7. The van der Waals surface area contributed by atoms with Gasteiger partial charge in [0.2, 0.25) is 0 Å². The Labute approximate surface area is 251 Å².